The number of anilines is 1. The smallest absolute Gasteiger partial charge is 0.229 e. The third-order valence-electron chi connectivity index (χ3n) is 5.38. The fraction of sp³-hybridized carbons (Fsp3) is 0.269. The summed E-state index contributed by atoms with van der Waals surface area (Å²) in [4.78, 5) is 12.8. The summed E-state index contributed by atoms with van der Waals surface area (Å²) in [7, 11) is -3.42. The van der Waals surface area contributed by atoms with E-state index >= 15 is 0 Å². The minimum atomic E-state index is -3.42. The van der Waals surface area contributed by atoms with Crippen molar-refractivity contribution >= 4 is 44.2 Å². The van der Waals surface area contributed by atoms with Crippen molar-refractivity contribution in [2.24, 2.45) is 0 Å². The fourth-order valence-electron chi connectivity index (χ4n) is 3.77. The van der Waals surface area contributed by atoms with E-state index in [9.17, 15) is 27.1 Å². The lowest BCUT2D eigenvalue weighted by Crippen LogP contribution is -2.49. The molecular formula is C26H28F2IN3O4S. The van der Waals surface area contributed by atoms with Gasteiger partial charge < -0.3 is 15.7 Å². The van der Waals surface area contributed by atoms with Crippen molar-refractivity contribution in [3.05, 3.63) is 98.6 Å². The first-order chi connectivity index (χ1) is 17.5. The Kier molecular flexibility index (Phi) is 10.4. The number of benzene rings is 3. The SMILES string of the molecule is CS(=O)(=O)Nc1ccc(CC(=O)N[C@@H](Cc2cc(F)cc(F)c2)[C@H](O)CNCc2cccc(I)c2)cc1. The first-order valence-corrected chi connectivity index (χ1v) is 14.4. The number of carbonyl (C=O) groups excluding carboxylic acids is 1. The van der Waals surface area contributed by atoms with Gasteiger partial charge in [0.05, 0.1) is 24.8 Å². The number of aliphatic hydroxyl groups excluding tert-OH is 1. The molecule has 0 aliphatic rings. The molecule has 0 aromatic heterocycles. The lowest BCUT2D eigenvalue weighted by molar-refractivity contribution is -0.122. The predicted octanol–water partition coefficient (Wildman–Crippen LogP) is 3.36. The van der Waals surface area contributed by atoms with E-state index in [0.717, 1.165) is 21.5 Å². The molecule has 0 bridgehead atoms. The summed E-state index contributed by atoms with van der Waals surface area (Å²) >= 11 is 2.21. The molecule has 0 radical (unpaired) electrons. The number of aliphatic hydroxyl groups is 1. The molecule has 0 aliphatic heterocycles. The molecule has 3 rings (SSSR count). The second-order valence-corrected chi connectivity index (χ2v) is 11.7. The van der Waals surface area contributed by atoms with Gasteiger partial charge in [0.25, 0.3) is 0 Å². The van der Waals surface area contributed by atoms with E-state index in [1.165, 1.54) is 12.1 Å². The molecule has 0 saturated heterocycles. The van der Waals surface area contributed by atoms with Gasteiger partial charge in [0.1, 0.15) is 11.6 Å². The Labute approximate surface area is 228 Å². The van der Waals surface area contributed by atoms with Crippen LogP contribution in [-0.4, -0.2) is 44.4 Å². The molecule has 11 heteroatoms. The van der Waals surface area contributed by atoms with Crippen molar-refractivity contribution in [1.29, 1.82) is 0 Å². The average molecular weight is 643 g/mol. The van der Waals surface area contributed by atoms with E-state index in [1.54, 1.807) is 24.3 Å². The summed E-state index contributed by atoms with van der Waals surface area (Å²) in [5.74, 6) is -1.88. The fourth-order valence-corrected chi connectivity index (χ4v) is 4.94. The summed E-state index contributed by atoms with van der Waals surface area (Å²) in [6.07, 6.45) is -0.0153. The predicted molar refractivity (Wildman–Crippen MR) is 147 cm³/mol. The van der Waals surface area contributed by atoms with Crippen LogP contribution in [-0.2, 0) is 34.2 Å². The van der Waals surface area contributed by atoms with Gasteiger partial charge in [-0.2, -0.15) is 0 Å². The van der Waals surface area contributed by atoms with Crippen molar-refractivity contribution < 1.29 is 27.1 Å². The van der Waals surface area contributed by atoms with Crippen LogP contribution < -0.4 is 15.4 Å². The second kappa shape index (κ2) is 13.3. The molecule has 2 atom stereocenters. The standard InChI is InChI=1S/C26H28F2IN3O4S/c1-37(35,36)32-23-7-5-17(6-8-23)13-26(34)31-24(12-19-9-20(27)14-21(28)10-19)25(33)16-30-15-18-3-2-4-22(29)11-18/h2-11,14,24-25,30,32-33H,12-13,15-16H2,1H3,(H,31,34)/t24-,25+/m0/s1. The van der Waals surface area contributed by atoms with Gasteiger partial charge >= 0.3 is 0 Å². The summed E-state index contributed by atoms with van der Waals surface area (Å²) in [5.41, 5.74) is 2.32. The van der Waals surface area contributed by atoms with Crippen LogP contribution in [0.4, 0.5) is 14.5 Å². The average Bonchev–Trinajstić information content (AvgIpc) is 2.78. The Bertz CT molecular complexity index is 1300. The van der Waals surface area contributed by atoms with Crippen LogP contribution in [0.3, 0.4) is 0 Å². The summed E-state index contributed by atoms with van der Waals surface area (Å²) in [5, 5.41) is 16.8. The van der Waals surface area contributed by atoms with Crippen LogP contribution in [0.15, 0.2) is 66.7 Å². The van der Waals surface area contributed by atoms with Gasteiger partial charge in [-0.1, -0.05) is 24.3 Å². The topological polar surface area (TPSA) is 108 Å². The molecule has 0 unspecified atom stereocenters. The van der Waals surface area contributed by atoms with Gasteiger partial charge in [-0.3, -0.25) is 9.52 Å². The van der Waals surface area contributed by atoms with Crippen LogP contribution >= 0.6 is 22.6 Å². The van der Waals surface area contributed by atoms with Crippen molar-refractivity contribution in [3.8, 4) is 0 Å². The Morgan fingerprint density at radius 1 is 0.973 bits per heavy atom. The number of sulfonamides is 1. The highest BCUT2D eigenvalue weighted by molar-refractivity contribution is 14.1. The molecule has 4 N–H and O–H groups in total. The van der Waals surface area contributed by atoms with E-state index in [-0.39, 0.29) is 19.4 Å². The van der Waals surface area contributed by atoms with Gasteiger partial charge in [-0.05, 0) is 82.1 Å². The molecule has 0 heterocycles. The third kappa shape index (κ3) is 10.3. The summed E-state index contributed by atoms with van der Waals surface area (Å²) in [6.45, 7) is 0.636. The monoisotopic (exact) mass is 643 g/mol. The Balaban J connectivity index is 1.66. The molecule has 3 aromatic rings. The Hall–Kier alpha value is -2.61. The number of hydrogen-bond acceptors (Lipinski definition) is 5. The van der Waals surface area contributed by atoms with Crippen LogP contribution in [0.1, 0.15) is 16.7 Å². The molecule has 3 aromatic carbocycles. The Morgan fingerprint density at radius 2 is 1.65 bits per heavy atom. The molecule has 7 nitrogen and oxygen atoms in total. The summed E-state index contributed by atoms with van der Waals surface area (Å²) in [6, 6.07) is 16.5. The zero-order valence-corrected chi connectivity index (χ0v) is 23.0. The minimum absolute atomic E-state index is 0.0176. The van der Waals surface area contributed by atoms with Crippen molar-refractivity contribution in [2.75, 3.05) is 17.5 Å². The quantitative estimate of drug-likeness (QED) is 0.227. The Morgan fingerprint density at radius 3 is 2.27 bits per heavy atom. The first-order valence-electron chi connectivity index (χ1n) is 11.4. The number of carbonyl (C=O) groups is 1. The minimum Gasteiger partial charge on any atom is -0.390 e. The van der Waals surface area contributed by atoms with E-state index in [0.29, 0.717) is 23.4 Å². The highest BCUT2D eigenvalue weighted by Gasteiger charge is 2.22. The molecule has 0 saturated carbocycles. The zero-order chi connectivity index (χ0) is 27.0. The third-order valence-corrected chi connectivity index (χ3v) is 6.66. The maximum Gasteiger partial charge on any atom is 0.229 e. The van der Waals surface area contributed by atoms with E-state index in [1.807, 2.05) is 24.3 Å². The van der Waals surface area contributed by atoms with Crippen LogP contribution in [0.2, 0.25) is 0 Å². The van der Waals surface area contributed by atoms with Crippen LogP contribution in [0.25, 0.3) is 0 Å². The van der Waals surface area contributed by atoms with Gasteiger partial charge in [0, 0.05) is 28.4 Å². The number of halogens is 3. The van der Waals surface area contributed by atoms with Gasteiger partial charge in [0.15, 0.2) is 0 Å². The highest BCUT2D eigenvalue weighted by Crippen LogP contribution is 2.14. The van der Waals surface area contributed by atoms with Crippen molar-refractivity contribution in [1.82, 2.24) is 10.6 Å². The van der Waals surface area contributed by atoms with Crippen molar-refractivity contribution in [2.45, 2.75) is 31.5 Å². The largest absolute Gasteiger partial charge is 0.390 e. The van der Waals surface area contributed by atoms with Gasteiger partial charge in [-0.25, -0.2) is 17.2 Å². The van der Waals surface area contributed by atoms with E-state index in [4.69, 9.17) is 0 Å². The second-order valence-electron chi connectivity index (χ2n) is 8.73. The summed E-state index contributed by atoms with van der Waals surface area (Å²) < 4.78 is 53.6. The molecule has 1 amide bonds. The number of hydrogen-bond donors (Lipinski definition) is 4. The van der Waals surface area contributed by atoms with Gasteiger partial charge in [0.2, 0.25) is 15.9 Å². The zero-order valence-electron chi connectivity index (χ0n) is 20.0. The number of rotatable bonds is 12. The molecular weight excluding hydrogens is 615 g/mol. The maximum absolute atomic E-state index is 13.7. The lowest BCUT2D eigenvalue weighted by Gasteiger charge is -2.25. The maximum atomic E-state index is 13.7. The molecule has 0 spiro atoms. The van der Waals surface area contributed by atoms with E-state index in [2.05, 4.69) is 37.9 Å². The first kappa shape index (κ1) is 29.0. The van der Waals surface area contributed by atoms with Crippen LogP contribution in [0.5, 0.6) is 0 Å². The van der Waals surface area contributed by atoms with Crippen molar-refractivity contribution in [3.63, 3.8) is 0 Å². The number of amides is 1. The van der Waals surface area contributed by atoms with Gasteiger partial charge in [-0.15, -0.1) is 0 Å². The van der Waals surface area contributed by atoms with E-state index < -0.39 is 39.7 Å². The van der Waals surface area contributed by atoms with Crippen LogP contribution in [0, 0.1) is 15.2 Å². The lowest BCUT2D eigenvalue weighted by atomic mass is 10.00. The molecule has 0 fully saturated rings. The highest BCUT2D eigenvalue weighted by atomic mass is 127. The molecule has 37 heavy (non-hydrogen) atoms. The normalized spacial score (nSPS) is 13.1. The number of nitrogens with one attached hydrogen (secondary N) is 3. The molecule has 198 valence electrons. The molecule has 0 aliphatic carbocycles.